The van der Waals surface area contributed by atoms with Crippen molar-refractivity contribution in [3.05, 3.63) is 65.5 Å². The number of carbonyl (C=O) groups excluding carboxylic acids is 2. The highest BCUT2D eigenvalue weighted by Gasteiger charge is 2.34. The lowest BCUT2D eigenvalue weighted by Gasteiger charge is -2.34. The number of anilines is 1. The Kier molecular flexibility index (Phi) is 9.02. The first kappa shape index (κ1) is 28.3. The molecule has 0 aliphatic carbocycles. The number of amides is 2. The maximum atomic E-state index is 14.6. The SMILES string of the molecule is Cc1cccc(CN(C(=O)CN(c2ccccc2F)S(=O)(=O)N(C)C)C(C)C(=O)NC(C)(C)C)c1. The molecule has 192 valence electrons. The van der Waals surface area contributed by atoms with E-state index in [1.807, 2.05) is 52.0 Å². The molecule has 1 atom stereocenters. The van der Waals surface area contributed by atoms with Crippen LogP contribution in [0.1, 0.15) is 38.8 Å². The first-order chi connectivity index (χ1) is 16.1. The van der Waals surface area contributed by atoms with E-state index in [0.29, 0.717) is 0 Å². The summed E-state index contributed by atoms with van der Waals surface area (Å²) < 4.78 is 42.4. The smallest absolute Gasteiger partial charge is 0.304 e. The molecular weight excluding hydrogens is 471 g/mol. The number of benzene rings is 2. The molecule has 0 aliphatic heterocycles. The number of nitrogens with zero attached hydrogens (tertiary/aromatic N) is 3. The van der Waals surface area contributed by atoms with E-state index in [-0.39, 0.29) is 18.1 Å². The quantitative estimate of drug-likeness (QED) is 0.566. The predicted molar refractivity (Wildman–Crippen MR) is 135 cm³/mol. The van der Waals surface area contributed by atoms with Crippen LogP contribution in [0, 0.1) is 12.7 Å². The number of carbonyl (C=O) groups is 2. The van der Waals surface area contributed by atoms with Gasteiger partial charge in [-0.25, -0.2) is 8.70 Å². The summed E-state index contributed by atoms with van der Waals surface area (Å²) in [7, 11) is -1.61. The number of hydrogen-bond acceptors (Lipinski definition) is 4. The average molecular weight is 507 g/mol. The molecule has 35 heavy (non-hydrogen) atoms. The molecule has 0 aromatic heterocycles. The summed E-state index contributed by atoms with van der Waals surface area (Å²) in [6.07, 6.45) is 0. The minimum absolute atomic E-state index is 0.0758. The zero-order valence-corrected chi connectivity index (χ0v) is 22.2. The van der Waals surface area contributed by atoms with E-state index in [9.17, 15) is 22.4 Å². The van der Waals surface area contributed by atoms with E-state index >= 15 is 0 Å². The van der Waals surface area contributed by atoms with Crippen molar-refractivity contribution >= 4 is 27.7 Å². The highest BCUT2D eigenvalue weighted by Crippen LogP contribution is 2.24. The van der Waals surface area contributed by atoms with Crippen LogP contribution in [0.3, 0.4) is 0 Å². The summed E-state index contributed by atoms with van der Waals surface area (Å²) in [5.41, 5.74) is 0.972. The minimum atomic E-state index is -4.22. The van der Waals surface area contributed by atoms with Crippen molar-refractivity contribution in [1.29, 1.82) is 0 Å². The Morgan fingerprint density at radius 3 is 2.23 bits per heavy atom. The molecule has 10 heteroatoms. The van der Waals surface area contributed by atoms with Crippen LogP contribution in [0.5, 0.6) is 0 Å². The van der Waals surface area contributed by atoms with Crippen LogP contribution in [0.4, 0.5) is 10.1 Å². The largest absolute Gasteiger partial charge is 0.350 e. The Morgan fingerprint density at radius 1 is 1.06 bits per heavy atom. The van der Waals surface area contributed by atoms with Crippen molar-refractivity contribution in [3.63, 3.8) is 0 Å². The molecule has 2 aromatic carbocycles. The van der Waals surface area contributed by atoms with Gasteiger partial charge in [-0.2, -0.15) is 12.7 Å². The first-order valence-electron chi connectivity index (χ1n) is 11.2. The monoisotopic (exact) mass is 506 g/mol. The van der Waals surface area contributed by atoms with Gasteiger partial charge in [0.1, 0.15) is 18.4 Å². The molecule has 2 aromatic rings. The fourth-order valence-corrected chi connectivity index (χ4v) is 4.48. The lowest BCUT2D eigenvalue weighted by Crippen LogP contribution is -2.55. The van der Waals surface area contributed by atoms with Crippen LogP contribution in [-0.2, 0) is 26.3 Å². The molecule has 0 fully saturated rings. The van der Waals surface area contributed by atoms with Gasteiger partial charge in [0, 0.05) is 26.2 Å². The van der Waals surface area contributed by atoms with Gasteiger partial charge in [0.2, 0.25) is 11.8 Å². The molecular formula is C25H35FN4O4S. The summed E-state index contributed by atoms with van der Waals surface area (Å²) in [5.74, 6) is -1.81. The Labute approximate surface area is 207 Å². The molecule has 8 nitrogen and oxygen atoms in total. The molecule has 0 bridgehead atoms. The molecule has 0 heterocycles. The number of rotatable bonds is 9. The molecule has 2 rings (SSSR count). The topological polar surface area (TPSA) is 90.0 Å². The number of hydrogen-bond donors (Lipinski definition) is 1. The fourth-order valence-electron chi connectivity index (χ4n) is 3.42. The minimum Gasteiger partial charge on any atom is -0.350 e. The summed E-state index contributed by atoms with van der Waals surface area (Å²) >= 11 is 0. The third-order valence-electron chi connectivity index (χ3n) is 5.24. The van der Waals surface area contributed by atoms with Gasteiger partial charge >= 0.3 is 10.2 Å². The van der Waals surface area contributed by atoms with Crippen molar-refractivity contribution in [1.82, 2.24) is 14.5 Å². The van der Waals surface area contributed by atoms with Gasteiger partial charge in [0.15, 0.2) is 0 Å². The number of nitrogens with one attached hydrogen (secondary N) is 1. The van der Waals surface area contributed by atoms with Crippen LogP contribution >= 0.6 is 0 Å². The van der Waals surface area contributed by atoms with Crippen molar-refractivity contribution < 1.29 is 22.4 Å². The predicted octanol–water partition coefficient (Wildman–Crippen LogP) is 3.08. The summed E-state index contributed by atoms with van der Waals surface area (Å²) in [6.45, 7) is 8.38. The highest BCUT2D eigenvalue weighted by molar-refractivity contribution is 7.90. The van der Waals surface area contributed by atoms with Gasteiger partial charge < -0.3 is 10.2 Å². The summed E-state index contributed by atoms with van der Waals surface area (Å²) in [6, 6.07) is 11.9. The second-order valence-corrected chi connectivity index (χ2v) is 11.7. The van der Waals surface area contributed by atoms with E-state index in [1.54, 1.807) is 6.92 Å². The third kappa shape index (κ3) is 7.50. The van der Waals surface area contributed by atoms with E-state index in [1.165, 1.54) is 37.2 Å². The van der Waals surface area contributed by atoms with E-state index in [4.69, 9.17) is 0 Å². The van der Waals surface area contributed by atoms with Crippen molar-refractivity contribution in [2.75, 3.05) is 24.9 Å². The van der Waals surface area contributed by atoms with Gasteiger partial charge in [0.05, 0.1) is 5.69 Å². The normalized spacial score (nSPS) is 12.8. The van der Waals surface area contributed by atoms with Gasteiger partial charge in [-0.3, -0.25) is 9.59 Å². The van der Waals surface area contributed by atoms with Gasteiger partial charge in [0.25, 0.3) is 0 Å². The molecule has 0 saturated carbocycles. The summed E-state index contributed by atoms with van der Waals surface area (Å²) in [5, 5.41) is 2.86. The highest BCUT2D eigenvalue weighted by atomic mass is 32.2. The Hall–Kier alpha value is -2.98. The van der Waals surface area contributed by atoms with Crippen LogP contribution < -0.4 is 9.62 Å². The maximum absolute atomic E-state index is 14.6. The molecule has 0 saturated heterocycles. The number of aryl methyl sites for hydroxylation is 1. The second kappa shape index (κ2) is 11.2. The first-order valence-corrected chi connectivity index (χ1v) is 12.6. The lowest BCUT2D eigenvalue weighted by molar-refractivity contribution is -0.140. The van der Waals surface area contributed by atoms with Crippen LogP contribution in [0.25, 0.3) is 0 Å². The van der Waals surface area contributed by atoms with Gasteiger partial charge in [-0.15, -0.1) is 0 Å². The van der Waals surface area contributed by atoms with Gasteiger partial charge in [-0.1, -0.05) is 42.0 Å². The van der Waals surface area contributed by atoms with Gasteiger partial charge in [-0.05, 0) is 52.3 Å². The number of halogens is 1. The molecule has 1 N–H and O–H groups in total. The Bertz CT molecular complexity index is 1160. The van der Waals surface area contributed by atoms with E-state index < -0.39 is 40.1 Å². The van der Waals surface area contributed by atoms with E-state index in [2.05, 4.69) is 5.32 Å². The summed E-state index contributed by atoms with van der Waals surface area (Å²) in [4.78, 5) is 27.9. The average Bonchev–Trinajstić information content (AvgIpc) is 2.74. The fraction of sp³-hybridized carbons (Fsp3) is 0.440. The van der Waals surface area contributed by atoms with Crippen molar-refractivity contribution in [2.24, 2.45) is 0 Å². The molecule has 0 radical (unpaired) electrons. The molecule has 0 spiro atoms. The molecule has 1 unspecified atom stereocenters. The third-order valence-corrected chi connectivity index (χ3v) is 7.05. The van der Waals surface area contributed by atoms with Crippen LogP contribution in [0.2, 0.25) is 0 Å². The van der Waals surface area contributed by atoms with E-state index in [0.717, 1.165) is 25.8 Å². The Morgan fingerprint density at radius 2 is 1.69 bits per heavy atom. The standard InChI is InChI=1S/C25H35FN4O4S/c1-18-11-10-12-20(15-18)16-29(19(2)24(32)27-25(3,4)5)23(31)17-30(35(33,34)28(6)7)22-14-9-8-13-21(22)26/h8-15,19H,16-17H2,1-7H3,(H,27,32). The van der Waals surface area contributed by atoms with Crippen LogP contribution in [-0.4, -0.2) is 61.7 Å². The number of para-hydroxylation sites is 1. The zero-order valence-electron chi connectivity index (χ0n) is 21.4. The zero-order chi connectivity index (χ0) is 26.6. The Balaban J connectivity index is 2.49. The van der Waals surface area contributed by atoms with Crippen LogP contribution in [0.15, 0.2) is 48.5 Å². The second-order valence-electron chi connectivity index (χ2n) is 9.67. The molecule has 2 amide bonds. The van der Waals surface area contributed by atoms with Crippen molar-refractivity contribution in [2.45, 2.75) is 52.7 Å². The maximum Gasteiger partial charge on any atom is 0.304 e. The molecule has 0 aliphatic rings. The van der Waals surface area contributed by atoms with Crippen molar-refractivity contribution in [3.8, 4) is 0 Å². The lowest BCUT2D eigenvalue weighted by atomic mass is 10.1.